The normalized spacial score (nSPS) is 11.2. The van der Waals surface area contributed by atoms with Crippen molar-refractivity contribution in [3.63, 3.8) is 0 Å². The van der Waals surface area contributed by atoms with Gasteiger partial charge in [-0.15, -0.1) is 0 Å². The van der Waals surface area contributed by atoms with E-state index in [-0.39, 0.29) is 0 Å². The molecule has 0 unspecified atom stereocenters. The van der Waals surface area contributed by atoms with Crippen LogP contribution in [0.3, 0.4) is 0 Å². The predicted molar refractivity (Wildman–Crippen MR) is 56.4 cm³/mol. The van der Waals surface area contributed by atoms with Crippen molar-refractivity contribution in [3.05, 3.63) is 24.4 Å². The van der Waals surface area contributed by atoms with Crippen LogP contribution in [0.5, 0.6) is 0 Å². The van der Waals surface area contributed by atoms with Crippen molar-refractivity contribution < 1.29 is 0 Å². The number of hydrogen-bond donors (Lipinski definition) is 0. The highest BCUT2D eigenvalue weighted by Crippen LogP contribution is 2.18. The summed E-state index contributed by atoms with van der Waals surface area (Å²) in [5, 5.41) is 0. The lowest BCUT2D eigenvalue weighted by atomic mass is 9.94. The second-order valence-electron chi connectivity index (χ2n) is 3.47. The summed E-state index contributed by atoms with van der Waals surface area (Å²) in [5.74, 6) is 1.15. The van der Waals surface area contributed by atoms with Gasteiger partial charge >= 0.3 is 0 Å². The van der Waals surface area contributed by atoms with E-state index in [1.54, 1.807) is 12.3 Å². The van der Waals surface area contributed by atoms with E-state index in [4.69, 9.17) is 0 Å². The quantitative estimate of drug-likeness (QED) is 0.566. The largest absolute Gasteiger partial charge is 0.265 e. The summed E-state index contributed by atoms with van der Waals surface area (Å²) in [6.07, 6.45) is 5.34. The summed E-state index contributed by atoms with van der Waals surface area (Å²) < 4.78 is 0. The van der Waals surface area contributed by atoms with E-state index in [0.29, 0.717) is 11.8 Å². The van der Waals surface area contributed by atoms with Crippen LogP contribution in [0.15, 0.2) is 29.4 Å². The van der Waals surface area contributed by atoms with Gasteiger partial charge in [-0.1, -0.05) is 40.3 Å². The van der Waals surface area contributed by atoms with Crippen LogP contribution in [0, 0.1) is 11.8 Å². The zero-order chi connectivity index (χ0) is 9.56. The molecule has 0 spiro atoms. The number of allylic oxidation sites excluding steroid dienone is 2. The molecule has 0 aromatic rings. The second kappa shape index (κ2) is 5.76. The van der Waals surface area contributed by atoms with Crippen molar-refractivity contribution in [1.29, 1.82) is 0 Å². The van der Waals surface area contributed by atoms with Gasteiger partial charge in [0, 0.05) is 12.4 Å². The fourth-order valence-electron chi connectivity index (χ4n) is 1.15. The van der Waals surface area contributed by atoms with Gasteiger partial charge < -0.3 is 0 Å². The van der Waals surface area contributed by atoms with Crippen LogP contribution in [0.4, 0.5) is 0 Å². The molecule has 0 saturated carbocycles. The molecule has 0 amide bonds. The SMILES string of the molecule is C=CC=NC=C(C(C)C)C(C)C. The van der Waals surface area contributed by atoms with Crippen LogP contribution in [-0.4, -0.2) is 6.21 Å². The smallest absolute Gasteiger partial charge is 0.0264 e. The average molecular weight is 165 g/mol. The van der Waals surface area contributed by atoms with Crippen LogP contribution in [0.1, 0.15) is 27.7 Å². The third-order valence-electron chi connectivity index (χ3n) is 1.75. The molecular weight excluding hydrogens is 146 g/mol. The summed E-state index contributed by atoms with van der Waals surface area (Å²) in [7, 11) is 0. The maximum Gasteiger partial charge on any atom is 0.0264 e. The van der Waals surface area contributed by atoms with Gasteiger partial charge in [0.25, 0.3) is 0 Å². The van der Waals surface area contributed by atoms with Gasteiger partial charge in [-0.25, -0.2) is 0 Å². The summed E-state index contributed by atoms with van der Waals surface area (Å²) in [6, 6.07) is 0. The first kappa shape index (κ1) is 11.2. The first-order valence-electron chi connectivity index (χ1n) is 4.43. The minimum absolute atomic E-state index is 0.576. The summed E-state index contributed by atoms with van der Waals surface area (Å²) >= 11 is 0. The number of aliphatic imine (C=N–C) groups is 1. The van der Waals surface area contributed by atoms with Crippen molar-refractivity contribution in [1.82, 2.24) is 0 Å². The monoisotopic (exact) mass is 165 g/mol. The van der Waals surface area contributed by atoms with Gasteiger partial charge in [0.2, 0.25) is 0 Å². The first-order valence-corrected chi connectivity index (χ1v) is 4.43. The van der Waals surface area contributed by atoms with Crippen LogP contribution in [-0.2, 0) is 0 Å². The molecule has 0 aromatic carbocycles. The van der Waals surface area contributed by atoms with Gasteiger partial charge in [0.05, 0.1) is 0 Å². The molecule has 68 valence electrons. The molecule has 0 fully saturated rings. The van der Waals surface area contributed by atoms with E-state index in [0.717, 1.165) is 0 Å². The lowest BCUT2D eigenvalue weighted by molar-refractivity contribution is 0.623. The molecule has 0 atom stereocenters. The molecule has 0 aliphatic carbocycles. The number of hydrogen-bond acceptors (Lipinski definition) is 1. The van der Waals surface area contributed by atoms with E-state index in [1.807, 2.05) is 6.20 Å². The molecule has 0 aliphatic rings. The molecule has 1 nitrogen and oxygen atoms in total. The third kappa shape index (κ3) is 4.12. The topological polar surface area (TPSA) is 12.4 Å². The highest BCUT2D eigenvalue weighted by atomic mass is 14.7. The highest BCUT2D eigenvalue weighted by Gasteiger charge is 2.06. The Morgan fingerprint density at radius 2 is 1.67 bits per heavy atom. The van der Waals surface area contributed by atoms with Crippen LogP contribution >= 0.6 is 0 Å². The Morgan fingerprint density at radius 3 is 2.00 bits per heavy atom. The Hall–Kier alpha value is -0.850. The average Bonchev–Trinajstić information content (AvgIpc) is 1.96. The van der Waals surface area contributed by atoms with E-state index >= 15 is 0 Å². The highest BCUT2D eigenvalue weighted by molar-refractivity contribution is 5.70. The lowest BCUT2D eigenvalue weighted by Gasteiger charge is -2.13. The molecule has 0 aliphatic heterocycles. The number of nitrogens with zero attached hydrogens (tertiary/aromatic N) is 1. The molecule has 0 rings (SSSR count). The first-order chi connectivity index (χ1) is 5.59. The van der Waals surface area contributed by atoms with Crippen molar-refractivity contribution in [3.8, 4) is 0 Å². The minimum Gasteiger partial charge on any atom is -0.265 e. The van der Waals surface area contributed by atoms with Crippen LogP contribution in [0.25, 0.3) is 0 Å². The van der Waals surface area contributed by atoms with Crippen molar-refractivity contribution in [2.24, 2.45) is 16.8 Å². The van der Waals surface area contributed by atoms with Gasteiger partial charge in [-0.2, -0.15) is 0 Å². The Labute approximate surface area is 75.9 Å². The van der Waals surface area contributed by atoms with E-state index < -0.39 is 0 Å². The maximum absolute atomic E-state index is 4.13. The molecule has 12 heavy (non-hydrogen) atoms. The summed E-state index contributed by atoms with van der Waals surface area (Å²) in [4.78, 5) is 4.13. The molecule has 0 bridgehead atoms. The van der Waals surface area contributed by atoms with E-state index in [9.17, 15) is 0 Å². The van der Waals surface area contributed by atoms with Crippen molar-refractivity contribution >= 4 is 6.21 Å². The predicted octanol–water partition coefficient (Wildman–Crippen LogP) is 3.44. The van der Waals surface area contributed by atoms with Crippen LogP contribution in [0.2, 0.25) is 0 Å². The van der Waals surface area contributed by atoms with E-state index in [2.05, 4.69) is 39.3 Å². The van der Waals surface area contributed by atoms with Gasteiger partial charge in [0.1, 0.15) is 0 Å². The zero-order valence-electron chi connectivity index (χ0n) is 8.54. The Bertz CT molecular complexity index is 175. The third-order valence-corrected chi connectivity index (χ3v) is 1.75. The fraction of sp³-hybridized carbons (Fsp3) is 0.545. The number of rotatable bonds is 4. The molecular formula is C11H19N. The van der Waals surface area contributed by atoms with Gasteiger partial charge in [-0.05, 0) is 17.4 Å². The molecule has 0 N–H and O–H groups in total. The second-order valence-corrected chi connectivity index (χ2v) is 3.47. The minimum atomic E-state index is 0.576. The Kier molecular flexibility index (Phi) is 5.35. The Morgan fingerprint density at radius 1 is 1.17 bits per heavy atom. The van der Waals surface area contributed by atoms with Crippen molar-refractivity contribution in [2.45, 2.75) is 27.7 Å². The van der Waals surface area contributed by atoms with Gasteiger partial charge in [-0.3, -0.25) is 4.99 Å². The standard InChI is InChI=1S/C11H19N/c1-6-7-12-8-11(9(2)3)10(4)5/h6-10H,1H2,2-5H3. The molecule has 1 heteroatoms. The molecule has 0 aromatic heterocycles. The van der Waals surface area contributed by atoms with E-state index in [1.165, 1.54) is 5.57 Å². The molecule has 0 heterocycles. The molecule has 0 saturated heterocycles. The van der Waals surface area contributed by atoms with Crippen molar-refractivity contribution in [2.75, 3.05) is 0 Å². The maximum atomic E-state index is 4.13. The summed E-state index contributed by atoms with van der Waals surface area (Å²) in [5.41, 5.74) is 1.38. The lowest BCUT2D eigenvalue weighted by Crippen LogP contribution is -2.01. The fourth-order valence-corrected chi connectivity index (χ4v) is 1.15. The van der Waals surface area contributed by atoms with Crippen LogP contribution < -0.4 is 0 Å². The zero-order valence-corrected chi connectivity index (χ0v) is 8.54. The summed E-state index contributed by atoms with van der Waals surface area (Å²) in [6.45, 7) is 12.3. The van der Waals surface area contributed by atoms with Gasteiger partial charge in [0.15, 0.2) is 0 Å². The molecule has 0 radical (unpaired) electrons. The Balaban J connectivity index is 4.38.